The highest BCUT2D eigenvalue weighted by atomic mass is 16.3. The highest BCUT2D eigenvalue weighted by Crippen LogP contribution is 2.58. The van der Waals surface area contributed by atoms with Crippen molar-refractivity contribution in [3.05, 3.63) is 0 Å². The second-order valence-electron chi connectivity index (χ2n) is 5.29. The van der Waals surface area contributed by atoms with Crippen LogP contribution in [0.5, 0.6) is 0 Å². The Morgan fingerprint density at radius 1 is 0.643 bits per heavy atom. The molecule has 2 aliphatic carbocycles. The van der Waals surface area contributed by atoms with E-state index in [4.69, 9.17) is 0 Å². The molecule has 0 radical (unpaired) electrons. The van der Waals surface area contributed by atoms with Crippen molar-refractivity contribution in [2.75, 3.05) is 13.2 Å². The molecule has 0 spiro atoms. The van der Waals surface area contributed by atoms with Crippen LogP contribution in [0.25, 0.3) is 0 Å². The summed E-state index contributed by atoms with van der Waals surface area (Å²) >= 11 is 0. The molecule has 2 rings (SSSR count). The minimum atomic E-state index is 0.0677. The van der Waals surface area contributed by atoms with Crippen LogP contribution >= 0.6 is 0 Å². The van der Waals surface area contributed by atoms with Crippen molar-refractivity contribution in [3.63, 3.8) is 0 Å². The van der Waals surface area contributed by atoms with Crippen molar-refractivity contribution in [2.24, 2.45) is 10.8 Å². The van der Waals surface area contributed by atoms with Gasteiger partial charge in [0.25, 0.3) is 0 Å². The fourth-order valence-electron chi connectivity index (χ4n) is 3.82. The molecule has 2 fully saturated rings. The predicted octanol–water partition coefficient (Wildman–Crippen LogP) is 2.09. The second kappa shape index (κ2) is 3.82. The van der Waals surface area contributed by atoms with E-state index in [1.807, 2.05) is 0 Å². The van der Waals surface area contributed by atoms with Crippen molar-refractivity contribution in [3.8, 4) is 0 Å². The van der Waals surface area contributed by atoms with Gasteiger partial charge in [-0.2, -0.15) is 0 Å². The van der Waals surface area contributed by atoms with E-state index >= 15 is 0 Å². The maximum Gasteiger partial charge on any atom is 0.0493 e. The molecule has 0 bridgehead atoms. The Hall–Kier alpha value is -0.0800. The molecule has 0 unspecified atom stereocenters. The molecule has 0 heterocycles. The molecule has 0 aliphatic heterocycles. The summed E-state index contributed by atoms with van der Waals surface area (Å²) in [5, 5.41) is 19.3. The predicted molar refractivity (Wildman–Crippen MR) is 56.0 cm³/mol. The molecule has 0 saturated heterocycles. The highest BCUT2D eigenvalue weighted by Gasteiger charge is 2.52. The Morgan fingerprint density at radius 2 is 0.929 bits per heavy atom. The van der Waals surface area contributed by atoms with Gasteiger partial charge in [-0.25, -0.2) is 0 Å². The lowest BCUT2D eigenvalue weighted by molar-refractivity contribution is -0.0490. The summed E-state index contributed by atoms with van der Waals surface area (Å²) in [5.74, 6) is 0. The van der Waals surface area contributed by atoms with Gasteiger partial charge in [-0.3, -0.25) is 0 Å². The fourth-order valence-corrected chi connectivity index (χ4v) is 3.82. The molecule has 82 valence electrons. The van der Waals surface area contributed by atoms with Crippen molar-refractivity contribution in [1.29, 1.82) is 0 Å². The van der Waals surface area contributed by atoms with Crippen molar-refractivity contribution in [1.82, 2.24) is 0 Å². The SMILES string of the molecule is OCC1(C2(CO)CCCC2)CCCC1. The third-order valence-electron chi connectivity index (χ3n) is 4.85. The first-order valence-electron chi connectivity index (χ1n) is 6.00. The van der Waals surface area contributed by atoms with Gasteiger partial charge in [0.2, 0.25) is 0 Å². The molecule has 2 saturated carbocycles. The maximum atomic E-state index is 9.66. The van der Waals surface area contributed by atoms with E-state index in [0.29, 0.717) is 0 Å². The normalized spacial score (nSPS) is 29.6. The van der Waals surface area contributed by atoms with Crippen LogP contribution < -0.4 is 0 Å². The van der Waals surface area contributed by atoms with Crippen LogP contribution in [-0.2, 0) is 0 Å². The van der Waals surface area contributed by atoms with Gasteiger partial charge in [-0.15, -0.1) is 0 Å². The zero-order valence-corrected chi connectivity index (χ0v) is 8.97. The lowest BCUT2D eigenvalue weighted by atomic mass is 9.62. The minimum absolute atomic E-state index is 0.0677. The van der Waals surface area contributed by atoms with Crippen LogP contribution in [0.15, 0.2) is 0 Å². The van der Waals surface area contributed by atoms with Gasteiger partial charge < -0.3 is 10.2 Å². The number of aliphatic hydroxyl groups is 2. The molecular formula is C12H22O2. The smallest absolute Gasteiger partial charge is 0.0493 e. The summed E-state index contributed by atoms with van der Waals surface area (Å²) in [4.78, 5) is 0. The van der Waals surface area contributed by atoms with Gasteiger partial charge in [-0.1, -0.05) is 25.7 Å². The first-order chi connectivity index (χ1) is 6.79. The first kappa shape index (κ1) is 10.4. The molecule has 0 aromatic carbocycles. The average molecular weight is 198 g/mol. The van der Waals surface area contributed by atoms with Gasteiger partial charge >= 0.3 is 0 Å². The Kier molecular flexibility index (Phi) is 2.85. The van der Waals surface area contributed by atoms with Crippen LogP contribution in [0.4, 0.5) is 0 Å². The molecule has 14 heavy (non-hydrogen) atoms. The standard InChI is InChI=1S/C12H22O2/c13-9-11(5-1-2-6-11)12(10-14)7-3-4-8-12/h13-14H,1-10H2. The average Bonchev–Trinajstić information content (AvgIpc) is 2.88. The van der Waals surface area contributed by atoms with E-state index in [2.05, 4.69) is 0 Å². The third-order valence-corrected chi connectivity index (χ3v) is 4.85. The van der Waals surface area contributed by atoms with E-state index in [1.54, 1.807) is 0 Å². The molecule has 0 aromatic heterocycles. The second-order valence-corrected chi connectivity index (χ2v) is 5.29. The summed E-state index contributed by atoms with van der Waals surface area (Å²) in [5.41, 5.74) is 0.135. The zero-order valence-electron chi connectivity index (χ0n) is 8.97. The van der Waals surface area contributed by atoms with Crippen LogP contribution in [0.2, 0.25) is 0 Å². The molecule has 2 aliphatic rings. The lowest BCUT2D eigenvalue weighted by Gasteiger charge is -2.44. The Morgan fingerprint density at radius 3 is 1.14 bits per heavy atom. The topological polar surface area (TPSA) is 40.5 Å². The van der Waals surface area contributed by atoms with Crippen LogP contribution in [0, 0.1) is 10.8 Å². The van der Waals surface area contributed by atoms with E-state index in [1.165, 1.54) is 25.7 Å². The molecule has 0 aromatic rings. The largest absolute Gasteiger partial charge is 0.396 e. The molecular weight excluding hydrogens is 176 g/mol. The van der Waals surface area contributed by atoms with E-state index in [0.717, 1.165) is 25.7 Å². The summed E-state index contributed by atoms with van der Waals surface area (Å²) in [6.07, 6.45) is 9.47. The van der Waals surface area contributed by atoms with Gasteiger partial charge in [0.1, 0.15) is 0 Å². The van der Waals surface area contributed by atoms with Gasteiger partial charge in [0, 0.05) is 24.0 Å². The first-order valence-corrected chi connectivity index (χ1v) is 6.00. The number of hydrogen-bond acceptors (Lipinski definition) is 2. The maximum absolute atomic E-state index is 9.66. The van der Waals surface area contributed by atoms with Gasteiger partial charge in [0.15, 0.2) is 0 Å². The van der Waals surface area contributed by atoms with Gasteiger partial charge in [-0.05, 0) is 25.7 Å². The summed E-state index contributed by atoms with van der Waals surface area (Å²) in [7, 11) is 0. The van der Waals surface area contributed by atoms with Crippen molar-refractivity contribution < 1.29 is 10.2 Å². The Balaban J connectivity index is 2.23. The molecule has 2 heteroatoms. The van der Waals surface area contributed by atoms with E-state index in [9.17, 15) is 10.2 Å². The molecule has 2 nitrogen and oxygen atoms in total. The van der Waals surface area contributed by atoms with Crippen LogP contribution in [0.3, 0.4) is 0 Å². The van der Waals surface area contributed by atoms with E-state index in [-0.39, 0.29) is 24.0 Å². The molecule has 2 N–H and O–H groups in total. The van der Waals surface area contributed by atoms with Crippen LogP contribution in [0.1, 0.15) is 51.4 Å². The number of rotatable bonds is 3. The highest BCUT2D eigenvalue weighted by molar-refractivity contribution is 5.02. The molecule has 0 atom stereocenters. The zero-order chi connectivity index (χ0) is 10.1. The molecule has 0 amide bonds. The fraction of sp³-hybridized carbons (Fsp3) is 1.00. The lowest BCUT2D eigenvalue weighted by Crippen LogP contribution is -2.43. The third kappa shape index (κ3) is 1.31. The van der Waals surface area contributed by atoms with Crippen molar-refractivity contribution >= 4 is 0 Å². The number of hydrogen-bond donors (Lipinski definition) is 2. The summed E-state index contributed by atoms with van der Waals surface area (Å²) in [6.45, 7) is 0.571. The number of aliphatic hydroxyl groups excluding tert-OH is 2. The Labute approximate surface area is 86.3 Å². The van der Waals surface area contributed by atoms with Crippen molar-refractivity contribution in [2.45, 2.75) is 51.4 Å². The summed E-state index contributed by atoms with van der Waals surface area (Å²) < 4.78 is 0. The summed E-state index contributed by atoms with van der Waals surface area (Å²) in [6, 6.07) is 0. The van der Waals surface area contributed by atoms with Crippen LogP contribution in [-0.4, -0.2) is 23.4 Å². The minimum Gasteiger partial charge on any atom is -0.396 e. The van der Waals surface area contributed by atoms with Gasteiger partial charge in [0.05, 0.1) is 0 Å². The quantitative estimate of drug-likeness (QED) is 0.729. The Bertz CT molecular complexity index is 166. The van der Waals surface area contributed by atoms with E-state index < -0.39 is 0 Å². The monoisotopic (exact) mass is 198 g/mol.